The summed E-state index contributed by atoms with van der Waals surface area (Å²) in [6.45, 7) is 4.93. The van der Waals surface area contributed by atoms with Crippen LogP contribution in [0, 0.1) is 5.92 Å². The minimum atomic E-state index is -0.167. The Kier molecular flexibility index (Phi) is 6.94. The Hall–Kier alpha value is -2.18. The topological polar surface area (TPSA) is 86.9 Å². The molecule has 1 aliphatic rings. The van der Waals surface area contributed by atoms with Crippen molar-refractivity contribution in [1.82, 2.24) is 15.3 Å². The Balaban J connectivity index is 0.00000243. The lowest BCUT2D eigenvalue weighted by Crippen LogP contribution is -2.40. The average Bonchev–Trinajstić information content (AvgIpc) is 2.61. The van der Waals surface area contributed by atoms with Crippen molar-refractivity contribution < 1.29 is 4.79 Å². The fraction of sp³-hybridized carbons (Fsp3) is 0.421. The number of rotatable bonds is 4. The fourth-order valence-electron chi connectivity index (χ4n) is 3.18. The summed E-state index contributed by atoms with van der Waals surface area (Å²) in [5, 5.41) is 6.35. The first-order valence-corrected chi connectivity index (χ1v) is 8.80. The summed E-state index contributed by atoms with van der Waals surface area (Å²) in [6.07, 6.45) is 2.39. The number of aryl methyl sites for hydroxylation is 1. The van der Waals surface area contributed by atoms with Crippen molar-refractivity contribution in [1.29, 1.82) is 0 Å². The predicted molar refractivity (Wildman–Crippen MR) is 106 cm³/mol. The molecule has 3 N–H and O–H groups in total. The molecule has 2 atom stereocenters. The molecular formula is C19H25ClN4O2. The molecule has 2 heterocycles. The standard InChI is InChI=1S/C19H24N4O2.ClH/c1-3-15-11-17(24)23-18(21-15)13-5-4-6-16(10-13)22-19(25)14-7-8-20-12(2)9-14;/h4-6,10-12,14,20H,3,7-9H2,1-2H3,(H,22,25)(H,21,23,24);1H/t12-,14-;/m0./s1. The maximum absolute atomic E-state index is 12.5. The molecule has 0 bridgehead atoms. The third-order valence-electron chi connectivity index (χ3n) is 4.55. The van der Waals surface area contributed by atoms with Gasteiger partial charge in [-0.25, -0.2) is 4.98 Å². The van der Waals surface area contributed by atoms with E-state index in [0.29, 0.717) is 18.3 Å². The molecule has 0 unspecified atom stereocenters. The number of aromatic nitrogens is 2. The molecule has 1 aliphatic heterocycles. The Morgan fingerprint density at radius 3 is 2.88 bits per heavy atom. The Morgan fingerprint density at radius 2 is 2.15 bits per heavy atom. The van der Waals surface area contributed by atoms with Crippen LogP contribution in [0.4, 0.5) is 5.69 Å². The van der Waals surface area contributed by atoms with E-state index in [4.69, 9.17) is 0 Å². The van der Waals surface area contributed by atoms with Crippen molar-refractivity contribution in [3.8, 4) is 11.4 Å². The third-order valence-corrected chi connectivity index (χ3v) is 4.55. The highest BCUT2D eigenvalue weighted by Crippen LogP contribution is 2.22. The molecule has 0 radical (unpaired) electrons. The summed E-state index contributed by atoms with van der Waals surface area (Å²) >= 11 is 0. The number of anilines is 1. The van der Waals surface area contributed by atoms with Crippen LogP contribution in [-0.2, 0) is 11.2 Å². The van der Waals surface area contributed by atoms with E-state index < -0.39 is 0 Å². The number of hydrogen-bond donors (Lipinski definition) is 3. The Bertz CT molecular complexity index is 821. The van der Waals surface area contributed by atoms with Crippen LogP contribution < -0.4 is 16.2 Å². The molecule has 3 rings (SSSR count). The molecule has 140 valence electrons. The molecule has 2 aromatic rings. The smallest absolute Gasteiger partial charge is 0.251 e. The van der Waals surface area contributed by atoms with E-state index in [-0.39, 0.29) is 29.8 Å². The molecule has 0 saturated carbocycles. The first-order valence-electron chi connectivity index (χ1n) is 8.80. The maximum atomic E-state index is 12.5. The summed E-state index contributed by atoms with van der Waals surface area (Å²) in [5.41, 5.74) is 2.08. The van der Waals surface area contributed by atoms with Crippen LogP contribution in [-0.4, -0.2) is 28.5 Å². The van der Waals surface area contributed by atoms with Crippen molar-refractivity contribution in [2.75, 3.05) is 11.9 Å². The number of amides is 1. The van der Waals surface area contributed by atoms with Crippen LogP contribution in [0.25, 0.3) is 11.4 Å². The molecule has 1 aromatic carbocycles. The first-order chi connectivity index (χ1) is 12.0. The second-order valence-corrected chi connectivity index (χ2v) is 6.59. The first kappa shape index (κ1) is 20.1. The maximum Gasteiger partial charge on any atom is 0.251 e. The van der Waals surface area contributed by atoms with Crippen LogP contribution in [0.15, 0.2) is 35.1 Å². The summed E-state index contributed by atoms with van der Waals surface area (Å²) in [4.78, 5) is 31.5. The van der Waals surface area contributed by atoms with Gasteiger partial charge in [0.1, 0.15) is 5.82 Å². The van der Waals surface area contributed by atoms with E-state index in [2.05, 4.69) is 27.5 Å². The van der Waals surface area contributed by atoms with Gasteiger partial charge in [-0.15, -0.1) is 12.4 Å². The summed E-state index contributed by atoms with van der Waals surface area (Å²) in [6, 6.07) is 9.30. The zero-order valence-corrected chi connectivity index (χ0v) is 15.9. The number of benzene rings is 1. The van der Waals surface area contributed by atoms with Gasteiger partial charge in [-0.1, -0.05) is 19.1 Å². The molecule has 1 aromatic heterocycles. The summed E-state index contributed by atoms with van der Waals surface area (Å²) < 4.78 is 0. The van der Waals surface area contributed by atoms with Crippen LogP contribution in [0.1, 0.15) is 32.4 Å². The van der Waals surface area contributed by atoms with Gasteiger partial charge in [0.25, 0.3) is 5.56 Å². The highest BCUT2D eigenvalue weighted by molar-refractivity contribution is 5.93. The normalized spacial score (nSPS) is 19.5. The summed E-state index contributed by atoms with van der Waals surface area (Å²) in [5.74, 6) is 0.603. The molecule has 1 amide bonds. The van der Waals surface area contributed by atoms with E-state index in [1.165, 1.54) is 6.07 Å². The number of hydrogen-bond acceptors (Lipinski definition) is 4. The van der Waals surface area contributed by atoms with Gasteiger partial charge in [0.05, 0.1) is 0 Å². The number of halogens is 1. The lowest BCUT2D eigenvalue weighted by atomic mass is 9.92. The zero-order chi connectivity index (χ0) is 17.8. The van der Waals surface area contributed by atoms with Gasteiger partial charge in [-0.3, -0.25) is 9.59 Å². The van der Waals surface area contributed by atoms with Crippen molar-refractivity contribution in [2.45, 2.75) is 39.2 Å². The van der Waals surface area contributed by atoms with Gasteiger partial charge in [0.15, 0.2) is 0 Å². The van der Waals surface area contributed by atoms with E-state index in [1.807, 2.05) is 31.2 Å². The Labute approximate surface area is 159 Å². The lowest BCUT2D eigenvalue weighted by molar-refractivity contribution is -0.120. The monoisotopic (exact) mass is 376 g/mol. The van der Waals surface area contributed by atoms with Crippen molar-refractivity contribution in [3.63, 3.8) is 0 Å². The van der Waals surface area contributed by atoms with Gasteiger partial charge in [-0.2, -0.15) is 0 Å². The molecule has 1 saturated heterocycles. The number of aromatic amines is 1. The number of H-pyrrole nitrogens is 1. The third kappa shape index (κ3) is 4.93. The average molecular weight is 377 g/mol. The van der Waals surface area contributed by atoms with Crippen LogP contribution in [0.3, 0.4) is 0 Å². The van der Waals surface area contributed by atoms with Crippen LogP contribution >= 0.6 is 12.4 Å². The zero-order valence-electron chi connectivity index (χ0n) is 15.0. The van der Waals surface area contributed by atoms with E-state index in [0.717, 1.165) is 36.3 Å². The molecule has 0 spiro atoms. The summed E-state index contributed by atoms with van der Waals surface area (Å²) in [7, 11) is 0. The van der Waals surface area contributed by atoms with Crippen molar-refractivity contribution in [2.24, 2.45) is 5.92 Å². The Morgan fingerprint density at radius 1 is 1.35 bits per heavy atom. The van der Waals surface area contributed by atoms with E-state index >= 15 is 0 Å². The SMILES string of the molecule is CCc1cc(=O)[nH]c(-c2cccc(NC(=O)[C@H]3CCN[C@@H](C)C3)c2)n1.Cl. The molecule has 0 aliphatic carbocycles. The largest absolute Gasteiger partial charge is 0.326 e. The number of carbonyl (C=O) groups is 1. The van der Waals surface area contributed by atoms with E-state index in [1.54, 1.807) is 0 Å². The second-order valence-electron chi connectivity index (χ2n) is 6.59. The molecule has 7 heteroatoms. The van der Waals surface area contributed by atoms with Gasteiger partial charge in [-0.05, 0) is 44.9 Å². The van der Waals surface area contributed by atoms with Crippen molar-refractivity contribution >= 4 is 24.0 Å². The van der Waals surface area contributed by atoms with Crippen LogP contribution in [0.5, 0.6) is 0 Å². The highest BCUT2D eigenvalue weighted by atomic mass is 35.5. The quantitative estimate of drug-likeness (QED) is 0.765. The second kappa shape index (κ2) is 8.96. The predicted octanol–water partition coefficient (Wildman–Crippen LogP) is 2.75. The number of nitrogens with one attached hydrogen (secondary N) is 3. The lowest BCUT2D eigenvalue weighted by Gasteiger charge is -2.27. The fourth-order valence-corrected chi connectivity index (χ4v) is 3.18. The molecule has 26 heavy (non-hydrogen) atoms. The number of carbonyl (C=O) groups excluding carboxylic acids is 1. The van der Waals surface area contributed by atoms with Crippen molar-refractivity contribution in [3.05, 3.63) is 46.4 Å². The molecule has 6 nitrogen and oxygen atoms in total. The van der Waals surface area contributed by atoms with E-state index in [9.17, 15) is 9.59 Å². The van der Waals surface area contributed by atoms with Gasteiger partial charge in [0, 0.05) is 35.0 Å². The van der Waals surface area contributed by atoms with Crippen LogP contribution in [0.2, 0.25) is 0 Å². The van der Waals surface area contributed by atoms with Gasteiger partial charge in [0.2, 0.25) is 5.91 Å². The minimum Gasteiger partial charge on any atom is -0.326 e. The molecule has 1 fully saturated rings. The van der Waals surface area contributed by atoms with Gasteiger partial charge >= 0.3 is 0 Å². The minimum absolute atomic E-state index is 0. The van der Waals surface area contributed by atoms with Gasteiger partial charge < -0.3 is 15.6 Å². The highest BCUT2D eigenvalue weighted by Gasteiger charge is 2.24. The number of piperidine rings is 1. The number of nitrogens with zero attached hydrogens (tertiary/aromatic N) is 1. The molecular weight excluding hydrogens is 352 g/mol.